The molecule has 3 heteroatoms. The minimum atomic E-state index is 0.196. The van der Waals surface area contributed by atoms with Gasteiger partial charge in [-0.15, -0.1) is 11.3 Å². The van der Waals surface area contributed by atoms with Gasteiger partial charge in [0.15, 0.2) is 0 Å². The Morgan fingerprint density at radius 2 is 2.14 bits per heavy atom. The van der Waals surface area contributed by atoms with Crippen molar-refractivity contribution in [3.8, 4) is 0 Å². The summed E-state index contributed by atoms with van der Waals surface area (Å²) in [5.74, 6) is 0.782. The van der Waals surface area contributed by atoms with Gasteiger partial charge < -0.3 is 5.73 Å². The van der Waals surface area contributed by atoms with Crippen LogP contribution in [0.2, 0.25) is 0 Å². The number of nitrogens with zero attached hydrogens (tertiary/aromatic N) is 1. The smallest absolute Gasteiger partial charge is 0.0798 e. The van der Waals surface area contributed by atoms with E-state index in [-0.39, 0.29) is 6.04 Å². The summed E-state index contributed by atoms with van der Waals surface area (Å²) in [5, 5.41) is 0. The molecule has 1 unspecified atom stereocenters. The lowest BCUT2D eigenvalue weighted by atomic mass is 10.0. The van der Waals surface area contributed by atoms with Crippen molar-refractivity contribution in [1.82, 2.24) is 4.98 Å². The number of hydrogen-bond acceptors (Lipinski definition) is 3. The first kappa shape index (κ1) is 11.7. The van der Waals surface area contributed by atoms with Gasteiger partial charge in [-0.25, -0.2) is 4.98 Å². The molecule has 1 heterocycles. The lowest BCUT2D eigenvalue weighted by molar-refractivity contribution is 0.507. The third-order valence-electron chi connectivity index (χ3n) is 2.42. The first-order chi connectivity index (χ1) is 6.61. The number of aromatic nitrogens is 1. The van der Waals surface area contributed by atoms with E-state index >= 15 is 0 Å². The van der Waals surface area contributed by atoms with Crippen LogP contribution >= 0.6 is 11.3 Å². The van der Waals surface area contributed by atoms with Gasteiger partial charge in [0, 0.05) is 10.9 Å². The summed E-state index contributed by atoms with van der Waals surface area (Å²) in [6.45, 7) is 6.54. The summed E-state index contributed by atoms with van der Waals surface area (Å²) < 4.78 is 0. The summed E-state index contributed by atoms with van der Waals surface area (Å²) >= 11 is 1.68. The Labute approximate surface area is 90.6 Å². The lowest BCUT2D eigenvalue weighted by Gasteiger charge is -2.11. The van der Waals surface area contributed by atoms with E-state index in [4.69, 9.17) is 5.73 Å². The average Bonchev–Trinajstić information content (AvgIpc) is 2.50. The molecular formula is C11H20N2S. The van der Waals surface area contributed by atoms with Crippen LogP contribution in [-0.2, 0) is 0 Å². The second-order valence-electron chi connectivity index (χ2n) is 4.23. The molecule has 0 spiro atoms. The minimum Gasteiger partial charge on any atom is -0.323 e. The maximum atomic E-state index is 6.10. The second-order valence-corrected chi connectivity index (χ2v) is 5.12. The number of aryl methyl sites for hydroxylation is 1. The van der Waals surface area contributed by atoms with Crippen molar-refractivity contribution in [2.45, 2.75) is 46.1 Å². The molecule has 0 aliphatic carbocycles. The molecule has 0 bridgehead atoms. The molecule has 2 N–H and O–H groups in total. The zero-order valence-electron chi connectivity index (χ0n) is 9.29. The lowest BCUT2D eigenvalue weighted by Crippen LogP contribution is -2.10. The molecule has 0 fully saturated rings. The highest BCUT2D eigenvalue weighted by Gasteiger charge is 2.11. The Balaban J connectivity index is 2.36. The van der Waals surface area contributed by atoms with Crippen LogP contribution in [0.1, 0.15) is 49.7 Å². The molecule has 80 valence electrons. The Kier molecular flexibility index (Phi) is 4.55. The Morgan fingerprint density at radius 1 is 1.43 bits per heavy atom. The largest absolute Gasteiger partial charge is 0.323 e. The first-order valence-corrected chi connectivity index (χ1v) is 6.14. The Hall–Kier alpha value is -0.410. The Morgan fingerprint density at radius 3 is 2.64 bits per heavy atom. The van der Waals surface area contributed by atoms with Gasteiger partial charge in [0.05, 0.1) is 11.2 Å². The van der Waals surface area contributed by atoms with Gasteiger partial charge in [-0.3, -0.25) is 0 Å². The van der Waals surface area contributed by atoms with Crippen LogP contribution in [0.15, 0.2) is 5.51 Å². The zero-order chi connectivity index (χ0) is 10.6. The first-order valence-electron chi connectivity index (χ1n) is 5.26. The van der Waals surface area contributed by atoms with Gasteiger partial charge in [0.2, 0.25) is 0 Å². The van der Waals surface area contributed by atoms with Crippen molar-refractivity contribution in [2.24, 2.45) is 11.7 Å². The molecule has 0 saturated heterocycles. The summed E-state index contributed by atoms with van der Waals surface area (Å²) in [4.78, 5) is 5.48. The van der Waals surface area contributed by atoms with E-state index in [2.05, 4.69) is 18.8 Å². The van der Waals surface area contributed by atoms with Crippen LogP contribution in [0.3, 0.4) is 0 Å². The maximum Gasteiger partial charge on any atom is 0.0798 e. The fourth-order valence-corrected chi connectivity index (χ4v) is 2.38. The third kappa shape index (κ3) is 3.39. The van der Waals surface area contributed by atoms with E-state index < -0.39 is 0 Å². The van der Waals surface area contributed by atoms with E-state index in [9.17, 15) is 0 Å². The van der Waals surface area contributed by atoms with Crippen molar-refractivity contribution in [3.63, 3.8) is 0 Å². The zero-order valence-corrected chi connectivity index (χ0v) is 10.1. The van der Waals surface area contributed by atoms with Crippen molar-refractivity contribution in [3.05, 3.63) is 16.1 Å². The number of hydrogen-bond donors (Lipinski definition) is 1. The quantitative estimate of drug-likeness (QED) is 0.813. The topological polar surface area (TPSA) is 38.9 Å². The molecule has 0 radical (unpaired) electrons. The molecule has 1 atom stereocenters. The summed E-state index contributed by atoms with van der Waals surface area (Å²) in [6.07, 6.45) is 3.57. The van der Waals surface area contributed by atoms with Gasteiger partial charge in [-0.05, 0) is 19.3 Å². The van der Waals surface area contributed by atoms with Crippen molar-refractivity contribution in [1.29, 1.82) is 0 Å². The summed E-state index contributed by atoms with van der Waals surface area (Å²) in [5.41, 5.74) is 9.08. The van der Waals surface area contributed by atoms with Gasteiger partial charge in [0.25, 0.3) is 0 Å². The van der Waals surface area contributed by atoms with Crippen molar-refractivity contribution in [2.75, 3.05) is 0 Å². The number of rotatable bonds is 5. The molecule has 14 heavy (non-hydrogen) atoms. The fraction of sp³-hybridized carbons (Fsp3) is 0.727. The van der Waals surface area contributed by atoms with Crippen LogP contribution in [0.4, 0.5) is 0 Å². The maximum absolute atomic E-state index is 6.10. The molecule has 0 aliphatic rings. The SMILES string of the molecule is Cc1ncsc1C(N)CCCC(C)C. The molecule has 0 aliphatic heterocycles. The van der Waals surface area contributed by atoms with E-state index in [1.165, 1.54) is 17.7 Å². The van der Waals surface area contributed by atoms with E-state index in [0.29, 0.717) is 0 Å². The van der Waals surface area contributed by atoms with Gasteiger partial charge in [0.1, 0.15) is 0 Å². The predicted molar refractivity (Wildman–Crippen MR) is 62.5 cm³/mol. The molecule has 1 rings (SSSR count). The fourth-order valence-electron chi connectivity index (χ4n) is 1.54. The monoisotopic (exact) mass is 212 g/mol. The predicted octanol–water partition coefficient (Wildman–Crippen LogP) is 3.28. The van der Waals surface area contributed by atoms with Gasteiger partial charge in [-0.2, -0.15) is 0 Å². The van der Waals surface area contributed by atoms with Crippen molar-refractivity contribution < 1.29 is 0 Å². The second kappa shape index (κ2) is 5.47. The van der Waals surface area contributed by atoms with Crippen molar-refractivity contribution >= 4 is 11.3 Å². The summed E-state index contributed by atoms with van der Waals surface area (Å²) in [7, 11) is 0. The Bertz CT molecular complexity index is 268. The summed E-state index contributed by atoms with van der Waals surface area (Å²) in [6, 6.07) is 0.196. The molecule has 0 amide bonds. The van der Waals surface area contributed by atoms with E-state index in [1.54, 1.807) is 11.3 Å². The van der Waals surface area contributed by atoms with Crippen LogP contribution in [0, 0.1) is 12.8 Å². The normalized spacial score (nSPS) is 13.5. The van der Waals surface area contributed by atoms with Crippen LogP contribution in [0.5, 0.6) is 0 Å². The molecule has 1 aromatic heterocycles. The average molecular weight is 212 g/mol. The minimum absolute atomic E-state index is 0.196. The van der Waals surface area contributed by atoms with Crippen LogP contribution in [0.25, 0.3) is 0 Å². The van der Waals surface area contributed by atoms with Crippen LogP contribution in [-0.4, -0.2) is 4.98 Å². The highest BCUT2D eigenvalue weighted by Crippen LogP contribution is 2.24. The van der Waals surface area contributed by atoms with E-state index in [0.717, 1.165) is 18.0 Å². The third-order valence-corrected chi connectivity index (χ3v) is 3.48. The molecule has 0 saturated carbocycles. The molecule has 0 aromatic carbocycles. The molecule has 2 nitrogen and oxygen atoms in total. The van der Waals surface area contributed by atoms with Gasteiger partial charge in [-0.1, -0.05) is 26.7 Å². The standard InChI is InChI=1S/C11H20N2S/c1-8(2)5-4-6-10(12)11-9(3)13-7-14-11/h7-8,10H,4-6,12H2,1-3H3. The number of nitrogens with two attached hydrogens (primary N) is 1. The van der Waals surface area contributed by atoms with E-state index in [1.807, 2.05) is 12.4 Å². The molecular weight excluding hydrogens is 192 g/mol. The highest BCUT2D eigenvalue weighted by atomic mass is 32.1. The highest BCUT2D eigenvalue weighted by molar-refractivity contribution is 7.09. The van der Waals surface area contributed by atoms with Crippen LogP contribution < -0.4 is 5.73 Å². The number of thiazole rings is 1. The van der Waals surface area contributed by atoms with Gasteiger partial charge >= 0.3 is 0 Å². The molecule has 1 aromatic rings.